The van der Waals surface area contributed by atoms with E-state index in [1.807, 2.05) is 0 Å². The van der Waals surface area contributed by atoms with Gasteiger partial charge in [-0.1, -0.05) is 6.08 Å². The number of esters is 2. The van der Waals surface area contributed by atoms with E-state index in [4.69, 9.17) is 9.47 Å². The van der Waals surface area contributed by atoms with Crippen LogP contribution in [0.3, 0.4) is 0 Å². The van der Waals surface area contributed by atoms with Gasteiger partial charge in [0.25, 0.3) is 20.2 Å². The SMILES string of the molecule is COC(=O)C1=C(C(=O)OC)N(c2cc(S(=O)(=O)O)cc3cc(S(=O)(=O)O)cc(O)c23)C=CC=C1. The van der Waals surface area contributed by atoms with Gasteiger partial charge in [0, 0.05) is 17.7 Å². The molecule has 0 aliphatic carbocycles. The first-order valence-corrected chi connectivity index (χ1v) is 12.0. The van der Waals surface area contributed by atoms with Crippen LogP contribution in [-0.4, -0.2) is 57.2 Å². The van der Waals surface area contributed by atoms with Gasteiger partial charge in [-0.25, -0.2) is 9.59 Å². The number of hydrogen-bond acceptors (Lipinski definition) is 10. The first kappa shape index (κ1) is 24.9. The molecule has 1 aliphatic heterocycles. The van der Waals surface area contributed by atoms with Gasteiger partial charge in [0.2, 0.25) is 0 Å². The highest BCUT2D eigenvalue weighted by Gasteiger charge is 2.30. The summed E-state index contributed by atoms with van der Waals surface area (Å²) in [5, 5.41) is 10.2. The average Bonchev–Trinajstić information content (AvgIpc) is 2.98. The fourth-order valence-corrected chi connectivity index (χ4v) is 4.33. The van der Waals surface area contributed by atoms with Crippen LogP contribution in [0.15, 0.2) is 69.8 Å². The van der Waals surface area contributed by atoms with Crippen LogP contribution < -0.4 is 4.90 Å². The number of aromatic hydroxyl groups is 1. The van der Waals surface area contributed by atoms with Crippen molar-refractivity contribution < 1.29 is 50.1 Å². The third-order valence-electron chi connectivity index (χ3n) is 4.70. The highest BCUT2D eigenvalue weighted by Crippen LogP contribution is 2.40. The van der Waals surface area contributed by atoms with Crippen molar-refractivity contribution in [3.05, 3.63) is 60.0 Å². The molecule has 34 heavy (non-hydrogen) atoms. The van der Waals surface area contributed by atoms with Crippen LogP contribution in [0.1, 0.15) is 0 Å². The number of methoxy groups -OCH3 is 2. The molecule has 0 spiro atoms. The van der Waals surface area contributed by atoms with Crippen LogP contribution in [0.5, 0.6) is 5.75 Å². The van der Waals surface area contributed by atoms with Crippen LogP contribution >= 0.6 is 0 Å². The lowest BCUT2D eigenvalue weighted by Gasteiger charge is -2.25. The molecule has 0 atom stereocenters. The number of benzene rings is 2. The Morgan fingerprint density at radius 2 is 1.41 bits per heavy atom. The summed E-state index contributed by atoms with van der Waals surface area (Å²) < 4.78 is 75.6. The minimum absolute atomic E-state index is 0.183. The summed E-state index contributed by atoms with van der Waals surface area (Å²) in [4.78, 5) is 24.5. The number of phenolic OH excluding ortho intramolecular Hbond substituents is 1. The van der Waals surface area contributed by atoms with E-state index in [-0.39, 0.29) is 22.0 Å². The van der Waals surface area contributed by atoms with E-state index in [0.717, 1.165) is 37.3 Å². The molecule has 2 aromatic rings. The number of phenols is 1. The van der Waals surface area contributed by atoms with Crippen molar-refractivity contribution in [2.24, 2.45) is 0 Å². The van der Waals surface area contributed by atoms with Crippen molar-refractivity contribution in [1.82, 2.24) is 0 Å². The number of fused-ring (bicyclic) bond motifs is 1. The maximum atomic E-state index is 12.7. The third-order valence-corrected chi connectivity index (χ3v) is 6.36. The second-order valence-corrected chi connectivity index (χ2v) is 9.59. The van der Waals surface area contributed by atoms with E-state index in [9.17, 15) is 40.6 Å². The van der Waals surface area contributed by atoms with E-state index in [1.54, 1.807) is 0 Å². The third kappa shape index (κ3) is 4.65. The zero-order chi connectivity index (χ0) is 25.4. The molecule has 2 aromatic carbocycles. The minimum atomic E-state index is -4.89. The molecule has 0 unspecified atom stereocenters. The molecule has 0 saturated heterocycles. The lowest BCUT2D eigenvalue weighted by Crippen LogP contribution is -2.27. The lowest BCUT2D eigenvalue weighted by molar-refractivity contribution is -0.139. The van der Waals surface area contributed by atoms with Gasteiger partial charge in [0.1, 0.15) is 11.4 Å². The number of nitrogens with zero attached hydrogens (tertiary/aromatic N) is 1. The molecule has 180 valence electrons. The number of hydrogen-bond donors (Lipinski definition) is 3. The van der Waals surface area contributed by atoms with Gasteiger partial charge in [-0.3, -0.25) is 9.11 Å². The first-order chi connectivity index (χ1) is 15.8. The summed E-state index contributed by atoms with van der Waals surface area (Å²) in [7, 11) is -7.60. The number of carbonyl (C=O) groups excluding carboxylic acids is 2. The van der Waals surface area contributed by atoms with Crippen molar-refractivity contribution in [3.63, 3.8) is 0 Å². The molecule has 0 bridgehead atoms. The summed E-state index contributed by atoms with van der Waals surface area (Å²) in [6.07, 6.45) is 5.21. The summed E-state index contributed by atoms with van der Waals surface area (Å²) in [5.41, 5.74) is -0.989. The monoisotopic (exact) mass is 511 g/mol. The van der Waals surface area contributed by atoms with Gasteiger partial charge >= 0.3 is 11.9 Å². The van der Waals surface area contributed by atoms with Crippen LogP contribution in [0.25, 0.3) is 10.8 Å². The molecular formula is C20H17NO11S2. The highest BCUT2D eigenvalue weighted by atomic mass is 32.2. The Kier molecular flexibility index (Phi) is 6.53. The second-order valence-electron chi connectivity index (χ2n) is 6.75. The second kappa shape index (κ2) is 8.90. The van der Waals surface area contributed by atoms with E-state index < -0.39 is 53.4 Å². The van der Waals surface area contributed by atoms with Crippen molar-refractivity contribution >= 4 is 48.6 Å². The van der Waals surface area contributed by atoms with Crippen LogP contribution in [0.4, 0.5) is 5.69 Å². The number of ether oxygens (including phenoxy) is 2. The molecule has 1 aliphatic rings. The Morgan fingerprint density at radius 1 is 0.853 bits per heavy atom. The summed E-state index contributed by atoms with van der Waals surface area (Å²) in [6.45, 7) is 0. The van der Waals surface area contributed by atoms with E-state index in [1.165, 1.54) is 24.4 Å². The van der Waals surface area contributed by atoms with Crippen LogP contribution in [0.2, 0.25) is 0 Å². The van der Waals surface area contributed by atoms with Gasteiger partial charge in [0.05, 0.1) is 35.3 Å². The van der Waals surface area contributed by atoms with Crippen LogP contribution in [0, 0.1) is 0 Å². The summed E-state index contributed by atoms with van der Waals surface area (Å²) in [5.74, 6) is -2.72. The van der Waals surface area contributed by atoms with E-state index >= 15 is 0 Å². The van der Waals surface area contributed by atoms with Gasteiger partial charge in [-0.05, 0) is 35.7 Å². The molecule has 1 heterocycles. The molecule has 0 fully saturated rings. The average molecular weight is 511 g/mol. The predicted molar refractivity (Wildman–Crippen MR) is 117 cm³/mol. The molecule has 14 heteroatoms. The van der Waals surface area contributed by atoms with E-state index in [0.29, 0.717) is 6.07 Å². The van der Waals surface area contributed by atoms with Gasteiger partial charge in [0.15, 0.2) is 0 Å². The first-order valence-electron chi connectivity index (χ1n) is 9.10. The maximum absolute atomic E-state index is 12.7. The Labute approximate surface area is 193 Å². The fourth-order valence-electron chi connectivity index (χ4n) is 3.26. The standard InChI is InChI=1S/C20H17NO11S2/c1-31-19(23)14-5-3-4-6-21(18(14)20(24)32-2)15-9-12(33(25,26)27)7-11-8-13(34(28,29)30)10-16(22)17(11)15/h3-10,22H,1-2H3,(H,25,26,27)(H,28,29,30). The zero-order valence-corrected chi connectivity index (χ0v) is 19.1. The van der Waals surface area contributed by atoms with Gasteiger partial charge in [-0.2, -0.15) is 16.8 Å². The van der Waals surface area contributed by atoms with E-state index in [2.05, 4.69) is 0 Å². The number of carbonyl (C=O) groups is 2. The molecular weight excluding hydrogens is 494 g/mol. The molecule has 0 radical (unpaired) electrons. The molecule has 0 aromatic heterocycles. The molecule has 3 rings (SSSR count). The Bertz CT molecular complexity index is 1510. The highest BCUT2D eigenvalue weighted by molar-refractivity contribution is 7.86. The predicted octanol–water partition coefficient (Wildman–Crippen LogP) is 1.53. The Morgan fingerprint density at radius 3 is 1.94 bits per heavy atom. The Hall–Kier alpha value is -3.72. The fraction of sp³-hybridized carbons (Fsp3) is 0.100. The van der Waals surface area contributed by atoms with Crippen molar-refractivity contribution in [1.29, 1.82) is 0 Å². The zero-order valence-electron chi connectivity index (χ0n) is 17.5. The minimum Gasteiger partial charge on any atom is -0.507 e. The topological polar surface area (TPSA) is 185 Å². The number of anilines is 1. The maximum Gasteiger partial charge on any atom is 0.355 e. The van der Waals surface area contributed by atoms with Crippen molar-refractivity contribution in [2.75, 3.05) is 19.1 Å². The normalized spacial score (nSPS) is 14.3. The smallest absolute Gasteiger partial charge is 0.355 e. The van der Waals surface area contributed by atoms with Crippen molar-refractivity contribution in [3.8, 4) is 5.75 Å². The quantitative estimate of drug-likeness (QED) is 0.389. The number of rotatable bonds is 5. The van der Waals surface area contributed by atoms with Gasteiger partial charge in [-0.15, -0.1) is 0 Å². The van der Waals surface area contributed by atoms with Crippen molar-refractivity contribution in [2.45, 2.75) is 9.79 Å². The molecule has 0 saturated carbocycles. The Balaban J connectivity index is 2.52. The number of allylic oxidation sites excluding steroid dienone is 2. The largest absolute Gasteiger partial charge is 0.507 e. The van der Waals surface area contributed by atoms with Crippen LogP contribution in [-0.2, 0) is 39.3 Å². The molecule has 12 nitrogen and oxygen atoms in total. The van der Waals surface area contributed by atoms with Gasteiger partial charge < -0.3 is 19.5 Å². The summed E-state index contributed by atoms with van der Waals surface area (Å²) in [6, 6.07) is 3.30. The molecule has 0 amide bonds. The molecule has 3 N–H and O–H groups in total. The summed E-state index contributed by atoms with van der Waals surface area (Å²) >= 11 is 0. The lowest BCUT2D eigenvalue weighted by atomic mass is 10.1.